The summed E-state index contributed by atoms with van der Waals surface area (Å²) in [5, 5.41) is 0. The summed E-state index contributed by atoms with van der Waals surface area (Å²) in [5.41, 5.74) is 3.64. The summed E-state index contributed by atoms with van der Waals surface area (Å²) in [5.74, 6) is 1.76. The molecule has 3 aromatic rings. The van der Waals surface area contributed by atoms with Crippen molar-refractivity contribution in [3.8, 4) is 5.75 Å². The van der Waals surface area contributed by atoms with E-state index in [0.717, 1.165) is 54.0 Å². The van der Waals surface area contributed by atoms with Crippen LogP contribution in [-0.2, 0) is 0 Å². The van der Waals surface area contributed by atoms with E-state index < -0.39 is 0 Å². The lowest BCUT2D eigenvalue weighted by atomic mass is 9.94. The number of nitrogens with one attached hydrogen (secondary N) is 1. The molecular weight excluding hydrogens is 326 g/mol. The number of ether oxygens (including phenoxy) is 1. The molecule has 0 bridgehead atoms. The van der Waals surface area contributed by atoms with E-state index in [-0.39, 0.29) is 11.9 Å². The van der Waals surface area contributed by atoms with Crippen LogP contribution >= 0.6 is 0 Å². The molecule has 0 radical (unpaired) electrons. The minimum absolute atomic E-state index is 0.0756. The average Bonchev–Trinajstić information content (AvgIpc) is 3.06. The van der Waals surface area contributed by atoms with Crippen LogP contribution in [0.5, 0.6) is 5.75 Å². The van der Waals surface area contributed by atoms with Gasteiger partial charge in [0.25, 0.3) is 5.91 Å². The molecule has 1 aliphatic heterocycles. The van der Waals surface area contributed by atoms with Gasteiger partial charge in [-0.2, -0.15) is 0 Å². The zero-order chi connectivity index (χ0) is 18.1. The van der Waals surface area contributed by atoms with E-state index in [1.54, 1.807) is 7.11 Å². The molecule has 1 saturated heterocycles. The van der Waals surface area contributed by atoms with Crippen molar-refractivity contribution in [2.75, 3.05) is 13.7 Å². The molecule has 26 heavy (non-hydrogen) atoms. The summed E-state index contributed by atoms with van der Waals surface area (Å²) in [6.45, 7) is 2.70. The summed E-state index contributed by atoms with van der Waals surface area (Å²) in [7, 11) is 1.67. The van der Waals surface area contributed by atoms with Crippen molar-refractivity contribution in [3.63, 3.8) is 0 Å². The second kappa shape index (κ2) is 6.83. The van der Waals surface area contributed by atoms with Gasteiger partial charge in [-0.1, -0.05) is 12.1 Å². The van der Waals surface area contributed by atoms with Gasteiger partial charge in [0.15, 0.2) is 0 Å². The van der Waals surface area contributed by atoms with Crippen LogP contribution in [0.25, 0.3) is 11.0 Å². The number of carbonyl (C=O) groups is 1. The minimum Gasteiger partial charge on any atom is -0.497 e. The maximum Gasteiger partial charge on any atom is 0.254 e. The van der Waals surface area contributed by atoms with Gasteiger partial charge in [0.1, 0.15) is 11.6 Å². The highest BCUT2D eigenvalue weighted by Gasteiger charge is 2.29. The lowest BCUT2D eigenvalue weighted by Crippen LogP contribution is -2.38. The molecule has 0 spiro atoms. The van der Waals surface area contributed by atoms with Gasteiger partial charge in [0.05, 0.1) is 24.2 Å². The predicted octanol–water partition coefficient (Wildman–Crippen LogP) is 4.25. The number of nitrogens with zero attached hydrogens (tertiary/aromatic N) is 2. The Morgan fingerprint density at radius 1 is 1.23 bits per heavy atom. The van der Waals surface area contributed by atoms with E-state index in [2.05, 4.69) is 16.0 Å². The first-order valence-electron chi connectivity index (χ1n) is 9.07. The Hall–Kier alpha value is -2.82. The fraction of sp³-hybridized carbons (Fsp3) is 0.333. The molecule has 2 heterocycles. The van der Waals surface area contributed by atoms with E-state index in [9.17, 15) is 4.79 Å². The Morgan fingerprint density at radius 3 is 2.96 bits per heavy atom. The number of methoxy groups -OCH3 is 1. The molecule has 5 nitrogen and oxygen atoms in total. The van der Waals surface area contributed by atoms with Gasteiger partial charge >= 0.3 is 0 Å². The number of amides is 1. The lowest BCUT2D eigenvalue weighted by Gasteiger charge is -2.36. The van der Waals surface area contributed by atoms with Crippen LogP contribution in [0.3, 0.4) is 0 Å². The number of carbonyl (C=O) groups excluding carboxylic acids is 1. The summed E-state index contributed by atoms with van der Waals surface area (Å²) >= 11 is 0. The molecule has 134 valence electrons. The van der Waals surface area contributed by atoms with Crippen molar-refractivity contribution in [2.24, 2.45) is 0 Å². The number of imidazole rings is 1. The lowest BCUT2D eigenvalue weighted by molar-refractivity contribution is 0.0611. The third-order valence-corrected chi connectivity index (χ3v) is 5.09. The molecule has 1 atom stereocenters. The van der Waals surface area contributed by atoms with E-state index in [1.807, 2.05) is 48.2 Å². The van der Waals surface area contributed by atoms with Gasteiger partial charge in [0, 0.05) is 12.1 Å². The Labute approximate surface area is 153 Å². The fourth-order valence-electron chi connectivity index (χ4n) is 3.81. The number of likely N-dealkylation sites (tertiary alicyclic amines) is 1. The first-order chi connectivity index (χ1) is 12.7. The Bertz CT molecular complexity index is 947. The predicted molar refractivity (Wildman–Crippen MR) is 101 cm³/mol. The zero-order valence-electron chi connectivity index (χ0n) is 15.2. The molecule has 1 fully saturated rings. The SMILES string of the molecule is COc1cccc([C@H]2CCCCN2C(=O)c2ccc3nc(C)[nH]c3c2)c1. The molecule has 1 N–H and O–H groups in total. The highest BCUT2D eigenvalue weighted by Crippen LogP contribution is 2.33. The number of H-pyrrole nitrogens is 1. The van der Waals surface area contributed by atoms with Crippen molar-refractivity contribution in [1.82, 2.24) is 14.9 Å². The van der Waals surface area contributed by atoms with E-state index in [0.29, 0.717) is 5.56 Å². The number of hydrogen-bond acceptors (Lipinski definition) is 3. The van der Waals surface area contributed by atoms with Crippen LogP contribution in [0.4, 0.5) is 0 Å². The van der Waals surface area contributed by atoms with Crippen LogP contribution in [0.15, 0.2) is 42.5 Å². The molecule has 1 aliphatic rings. The Balaban J connectivity index is 1.66. The van der Waals surface area contributed by atoms with Crippen molar-refractivity contribution in [3.05, 3.63) is 59.4 Å². The van der Waals surface area contributed by atoms with Crippen LogP contribution in [-0.4, -0.2) is 34.4 Å². The van der Waals surface area contributed by atoms with E-state index in [4.69, 9.17) is 4.74 Å². The van der Waals surface area contributed by atoms with Crippen LogP contribution in [0, 0.1) is 6.92 Å². The highest BCUT2D eigenvalue weighted by atomic mass is 16.5. The number of aryl methyl sites for hydroxylation is 1. The molecule has 0 aliphatic carbocycles. The molecule has 0 unspecified atom stereocenters. The van der Waals surface area contributed by atoms with E-state index >= 15 is 0 Å². The average molecular weight is 349 g/mol. The molecular formula is C21H23N3O2. The number of benzene rings is 2. The summed E-state index contributed by atoms with van der Waals surface area (Å²) < 4.78 is 5.36. The molecule has 2 aromatic carbocycles. The number of hydrogen-bond donors (Lipinski definition) is 1. The second-order valence-corrected chi connectivity index (χ2v) is 6.84. The number of rotatable bonds is 3. The van der Waals surface area contributed by atoms with Crippen LogP contribution < -0.4 is 4.74 Å². The minimum atomic E-state index is 0.0756. The van der Waals surface area contributed by atoms with Gasteiger partial charge in [-0.15, -0.1) is 0 Å². The van der Waals surface area contributed by atoms with Crippen LogP contribution in [0.1, 0.15) is 47.1 Å². The fourth-order valence-corrected chi connectivity index (χ4v) is 3.81. The quantitative estimate of drug-likeness (QED) is 0.769. The summed E-state index contributed by atoms with van der Waals surface area (Å²) in [6.07, 6.45) is 3.15. The monoisotopic (exact) mass is 349 g/mol. The van der Waals surface area contributed by atoms with Gasteiger partial charge in [-0.25, -0.2) is 4.98 Å². The van der Waals surface area contributed by atoms with Gasteiger partial charge in [0.2, 0.25) is 0 Å². The van der Waals surface area contributed by atoms with Crippen LogP contribution in [0.2, 0.25) is 0 Å². The maximum atomic E-state index is 13.2. The topological polar surface area (TPSA) is 58.2 Å². The van der Waals surface area contributed by atoms with Crippen molar-refractivity contribution in [1.29, 1.82) is 0 Å². The first-order valence-corrected chi connectivity index (χ1v) is 9.07. The maximum absolute atomic E-state index is 13.2. The summed E-state index contributed by atoms with van der Waals surface area (Å²) in [6, 6.07) is 13.8. The molecule has 4 rings (SSSR count). The van der Waals surface area contributed by atoms with E-state index in [1.165, 1.54) is 0 Å². The number of fused-ring (bicyclic) bond motifs is 1. The normalized spacial score (nSPS) is 17.5. The number of aromatic amines is 1. The standard InChI is InChI=1S/C21H23N3O2/c1-14-22-18-10-9-16(13-19(18)23-14)21(25)24-11-4-3-8-20(24)15-6-5-7-17(12-15)26-2/h5-7,9-10,12-13,20H,3-4,8,11H2,1-2H3,(H,22,23)/t20-/m1/s1. The van der Waals surface area contributed by atoms with Crippen molar-refractivity contribution < 1.29 is 9.53 Å². The smallest absolute Gasteiger partial charge is 0.254 e. The van der Waals surface area contributed by atoms with Gasteiger partial charge in [-0.3, -0.25) is 4.79 Å². The van der Waals surface area contributed by atoms with Crippen molar-refractivity contribution in [2.45, 2.75) is 32.2 Å². The molecule has 0 saturated carbocycles. The highest BCUT2D eigenvalue weighted by molar-refractivity contribution is 5.97. The molecule has 1 aromatic heterocycles. The molecule has 1 amide bonds. The second-order valence-electron chi connectivity index (χ2n) is 6.84. The Morgan fingerprint density at radius 2 is 2.12 bits per heavy atom. The largest absolute Gasteiger partial charge is 0.497 e. The summed E-state index contributed by atoms with van der Waals surface area (Å²) in [4.78, 5) is 22.9. The number of aromatic nitrogens is 2. The third kappa shape index (κ3) is 3.05. The zero-order valence-corrected chi connectivity index (χ0v) is 15.2. The molecule has 5 heteroatoms. The third-order valence-electron chi connectivity index (χ3n) is 5.09. The van der Waals surface area contributed by atoms with Gasteiger partial charge < -0.3 is 14.6 Å². The first kappa shape index (κ1) is 16.6. The van der Waals surface area contributed by atoms with Gasteiger partial charge in [-0.05, 0) is 62.1 Å². The Kier molecular flexibility index (Phi) is 4.37. The van der Waals surface area contributed by atoms with Crippen molar-refractivity contribution >= 4 is 16.9 Å². The number of piperidine rings is 1.